The molecule has 208 valence electrons. The van der Waals surface area contributed by atoms with E-state index in [4.69, 9.17) is 4.74 Å². The third kappa shape index (κ3) is 7.70. The number of methoxy groups -OCH3 is 1. The first-order chi connectivity index (χ1) is 17.9. The zero-order valence-corrected chi connectivity index (χ0v) is 21.2. The van der Waals surface area contributed by atoms with Gasteiger partial charge in [-0.25, -0.2) is 0 Å². The first-order valence-corrected chi connectivity index (χ1v) is 12.2. The third-order valence-electron chi connectivity index (χ3n) is 6.18. The molecule has 0 radical (unpaired) electrons. The number of carbonyl (C=O) groups excluding carboxylic acids is 4. The van der Waals surface area contributed by atoms with Crippen molar-refractivity contribution in [1.82, 2.24) is 20.9 Å². The molecule has 3 rings (SSSR count). The minimum Gasteiger partial charge on any atom is -0.496 e. The lowest BCUT2D eigenvalue weighted by Crippen LogP contribution is -2.53. The largest absolute Gasteiger partial charge is 0.522 e. The Morgan fingerprint density at radius 1 is 1.16 bits per heavy atom. The van der Waals surface area contributed by atoms with E-state index < -0.39 is 48.6 Å². The lowest BCUT2D eigenvalue weighted by molar-refractivity contribution is -0.321. The molecular formula is C25H31F3N4O6. The van der Waals surface area contributed by atoms with E-state index in [1.807, 2.05) is 13.8 Å². The summed E-state index contributed by atoms with van der Waals surface area (Å²) < 4.78 is 46.5. The number of Topliss-reactive ketones (excluding diaryl/α,β-unsaturated/α-hetero) is 1. The molecule has 1 saturated heterocycles. The average molecular weight is 541 g/mol. The minimum atomic E-state index is -5.04. The number of fused-ring (bicyclic) bond motifs is 1. The van der Waals surface area contributed by atoms with Crippen molar-refractivity contribution in [2.45, 2.75) is 51.6 Å². The molecule has 1 aliphatic rings. The molecule has 2 aromatic rings. The summed E-state index contributed by atoms with van der Waals surface area (Å²) in [5.74, 6) is -2.91. The Labute approximate surface area is 217 Å². The van der Waals surface area contributed by atoms with Crippen LogP contribution in [0.4, 0.5) is 13.2 Å². The molecule has 0 aliphatic carbocycles. The van der Waals surface area contributed by atoms with Crippen molar-refractivity contribution in [3.63, 3.8) is 0 Å². The van der Waals surface area contributed by atoms with Crippen molar-refractivity contribution in [2.75, 3.05) is 20.3 Å². The summed E-state index contributed by atoms with van der Waals surface area (Å²) in [5.41, 5.74) is 0.810. The molecule has 0 saturated carbocycles. The van der Waals surface area contributed by atoms with Crippen LogP contribution >= 0.6 is 0 Å². The molecule has 4 N–H and O–H groups in total. The maximum atomic E-state index is 13.2. The summed E-state index contributed by atoms with van der Waals surface area (Å²) in [5, 5.41) is 8.34. The summed E-state index contributed by atoms with van der Waals surface area (Å²) in [7, 11) is 1.50. The van der Waals surface area contributed by atoms with Crippen LogP contribution in [0.2, 0.25) is 0 Å². The fraction of sp³-hybridized carbons (Fsp3) is 0.520. The first kappa shape index (κ1) is 29.0. The number of hydrogen-bond acceptors (Lipinski definition) is 6. The molecule has 38 heavy (non-hydrogen) atoms. The van der Waals surface area contributed by atoms with Gasteiger partial charge in [0.05, 0.1) is 13.2 Å². The Balaban J connectivity index is 1.77. The van der Waals surface area contributed by atoms with Gasteiger partial charge in [-0.15, -0.1) is 13.2 Å². The van der Waals surface area contributed by atoms with Crippen LogP contribution in [0.15, 0.2) is 24.3 Å². The summed E-state index contributed by atoms with van der Waals surface area (Å²) in [6, 6.07) is 4.30. The molecule has 1 fully saturated rings. The second-order valence-electron chi connectivity index (χ2n) is 9.53. The molecule has 0 unspecified atom stereocenters. The number of aromatic amines is 1. The van der Waals surface area contributed by atoms with Crippen LogP contribution < -0.4 is 20.7 Å². The quantitative estimate of drug-likeness (QED) is 0.326. The lowest BCUT2D eigenvalue weighted by atomic mass is 9.95. The number of carbonyl (C=O) groups is 4. The highest BCUT2D eigenvalue weighted by molar-refractivity contribution is 6.02. The highest BCUT2D eigenvalue weighted by atomic mass is 19.4. The number of hydrogen-bond donors (Lipinski definition) is 4. The zero-order valence-electron chi connectivity index (χ0n) is 21.2. The fourth-order valence-electron chi connectivity index (χ4n) is 4.32. The molecule has 3 amide bonds. The van der Waals surface area contributed by atoms with Gasteiger partial charge in [0.15, 0.2) is 5.78 Å². The summed E-state index contributed by atoms with van der Waals surface area (Å²) in [6.07, 6.45) is -4.67. The zero-order chi connectivity index (χ0) is 28.0. The van der Waals surface area contributed by atoms with Gasteiger partial charge in [-0.3, -0.25) is 23.9 Å². The van der Waals surface area contributed by atoms with Crippen LogP contribution in [-0.2, 0) is 19.1 Å². The van der Waals surface area contributed by atoms with Gasteiger partial charge in [0, 0.05) is 23.4 Å². The van der Waals surface area contributed by atoms with Crippen molar-refractivity contribution in [3.8, 4) is 5.75 Å². The number of aromatic nitrogens is 1. The summed E-state index contributed by atoms with van der Waals surface area (Å²) in [6.45, 7) is 2.69. The number of H-pyrrole nitrogens is 1. The molecule has 10 nitrogen and oxygen atoms in total. The second kappa shape index (κ2) is 12.3. The van der Waals surface area contributed by atoms with Gasteiger partial charge in [0.2, 0.25) is 11.8 Å². The van der Waals surface area contributed by atoms with Gasteiger partial charge in [-0.1, -0.05) is 19.9 Å². The second-order valence-corrected chi connectivity index (χ2v) is 9.53. The van der Waals surface area contributed by atoms with Crippen molar-refractivity contribution in [2.24, 2.45) is 11.8 Å². The van der Waals surface area contributed by atoms with E-state index in [1.165, 1.54) is 7.11 Å². The minimum absolute atomic E-state index is 0.0582. The summed E-state index contributed by atoms with van der Waals surface area (Å²) in [4.78, 5) is 53.8. The lowest BCUT2D eigenvalue weighted by Gasteiger charge is -2.25. The van der Waals surface area contributed by atoms with Gasteiger partial charge < -0.3 is 25.7 Å². The van der Waals surface area contributed by atoms with Gasteiger partial charge in [-0.2, -0.15) is 0 Å². The van der Waals surface area contributed by atoms with Crippen LogP contribution in [0.5, 0.6) is 5.75 Å². The predicted octanol–water partition coefficient (Wildman–Crippen LogP) is 2.44. The predicted molar refractivity (Wildman–Crippen MR) is 130 cm³/mol. The Morgan fingerprint density at radius 3 is 2.50 bits per heavy atom. The van der Waals surface area contributed by atoms with Crippen LogP contribution in [-0.4, -0.2) is 67.2 Å². The van der Waals surface area contributed by atoms with Gasteiger partial charge >= 0.3 is 6.36 Å². The van der Waals surface area contributed by atoms with Crippen LogP contribution in [0.25, 0.3) is 10.9 Å². The monoisotopic (exact) mass is 540 g/mol. The van der Waals surface area contributed by atoms with Crippen molar-refractivity contribution >= 4 is 34.4 Å². The van der Waals surface area contributed by atoms with E-state index in [9.17, 15) is 32.3 Å². The first-order valence-electron chi connectivity index (χ1n) is 12.2. The Hall–Kier alpha value is -3.61. The SMILES string of the molecule is COc1cccc2[nH]c(C(=O)N[C@@H](CC(C)C)C(=O)N[C@@H](C[C@@H]3CCNC3=O)C(=O)COC(F)(F)F)cc12. The molecular weight excluding hydrogens is 509 g/mol. The van der Waals surface area contributed by atoms with E-state index in [2.05, 4.69) is 25.7 Å². The number of rotatable bonds is 12. The fourth-order valence-corrected chi connectivity index (χ4v) is 4.32. The number of ketones is 1. The Kier molecular flexibility index (Phi) is 9.36. The maximum absolute atomic E-state index is 13.2. The standard InChI is InChI=1S/C25H31F3N4O6/c1-13(2)9-18(32-24(36)19-11-15-16(30-19)5-4-6-21(15)37-3)23(35)31-17(10-14-7-8-29-22(14)34)20(33)12-38-25(26,27)28/h4-6,11,13-14,17-18,30H,7-10,12H2,1-3H3,(H,29,34)(H,31,35)(H,32,36)/t14-,17-,18-/m0/s1. The van der Waals surface area contributed by atoms with Gasteiger partial charge in [0.25, 0.3) is 5.91 Å². The molecule has 3 atom stereocenters. The summed E-state index contributed by atoms with van der Waals surface area (Å²) >= 11 is 0. The van der Waals surface area contributed by atoms with Crippen molar-refractivity contribution in [3.05, 3.63) is 30.0 Å². The number of nitrogens with one attached hydrogen (secondary N) is 4. The molecule has 0 bridgehead atoms. The third-order valence-corrected chi connectivity index (χ3v) is 6.18. The number of halogens is 3. The van der Waals surface area contributed by atoms with E-state index in [0.29, 0.717) is 29.6 Å². The molecule has 0 spiro atoms. The molecule has 2 heterocycles. The van der Waals surface area contributed by atoms with E-state index in [1.54, 1.807) is 24.3 Å². The van der Waals surface area contributed by atoms with Crippen LogP contribution in [0, 0.1) is 11.8 Å². The van der Waals surface area contributed by atoms with Crippen molar-refractivity contribution < 1.29 is 41.8 Å². The van der Waals surface area contributed by atoms with Crippen LogP contribution in [0.1, 0.15) is 43.6 Å². The normalized spacial score (nSPS) is 17.2. The van der Waals surface area contributed by atoms with Crippen molar-refractivity contribution in [1.29, 1.82) is 0 Å². The van der Waals surface area contributed by atoms with E-state index in [0.717, 1.165) is 0 Å². The highest BCUT2D eigenvalue weighted by Gasteiger charge is 2.36. The van der Waals surface area contributed by atoms with Gasteiger partial charge in [-0.05, 0) is 43.4 Å². The molecule has 1 aromatic heterocycles. The number of amides is 3. The van der Waals surface area contributed by atoms with E-state index >= 15 is 0 Å². The average Bonchev–Trinajstić information content (AvgIpc) is 3.46. The van der Waals surface area contributed by atoms with E-state index in [-0.39, 0.29) is 30.4 Å². The highest BCUT2D eigenvalue weighted by Crippen LogP contribution is 2.26. The number of ether oxygens (including phenoxy) is 2. The Bertz CT molecular complexity index is 1180. The molecule has 1 aromatic carbocycles. The maximum Gasteiger partial charge on any atom is 0.522 e. The molecule has 13 heteroatoms. The van der Waals surface area contributed by atoms with Gasteiger partial charge in [0.1, 0.15) is 24.1 Å². The Morgan fingerprint density at radius 2 is 1.89 bits per heavy atom. The number of alkyl halides is 3. The molecule has 1 aliphatic heterocycles. The topological polar surface area (TPSA) is 139 Å². The smallest absolute Gasteiger partial charge is 0.496 e. The van der Waals surface area contributed by atoms with Crippen LogP contribution in [0.3, 0.4) is 0 Å². The number of benzene rings is 1.